The molecule has 2 amide bonds. The van der Waals surface area contributed by atoms with Crippen LogP contribution in [0.1, 0.15) is 32.6 Å². The summed E-state index contributed by atoms with van der Waals surface area (Å²) in [6, 6.07) is 0.0399. The van der Waals surface area contributed by atoms with Gasteiger partial charge in [0.25, 0.3) is 0 Å². The molecule has 2 N–H and O–H groups in total. The van der Waals surface area contributed by atoms with Crippen molar-refractivity contribution in [2.75, 3.05) is 13.1 Å². The highest BCUT2D eigenvalue weighted by molar-refractivity contribution is 5.81. The predicted octanol–water partition coefficient (Wildman–Crippen LogP) is 0.224. The van der Waals surface area contributed by atoms with Gasteiger partial charge >= 0.3 is 5.97 Å². The predicted molar refractivity (Wildman–Crippen MR) is 67.3 cm³/mol. The maximum atomic E-state index is 12.3. The Morgan fingerprint density at radius 1 is 1.16 bits per heavy atom. The van der Waals surface area contributed by atoms with E-state index in [4.69, 9.17) is 5.11 Å². The van der Waals surface area contributed by atoms with Gasteiger partial charge in [-0.3, -0.25) is 14.4 Å². The number of carbonyl (C=O) groups excluding carboxylic acids is 2. The number of carboxylic acid groups (broad SMARTS) is 1. The van der Waals surface area contributed by atoms with E-state index >= 15 is 0 Å². The minimum atomic E-state index is -0.798. The number of carboxylic acids is 1. The lowest BCUT2D eigenvalue weighted by Crippen LogP contribution is -2.39. The van der Waals surface area contributed by atoms with Crippen LogP contribution in [-0.2, 0) is 14.4 Å². The number of hydrogen-bond acceptors (Lipinski definition) is 3. The molecule has 6 heteroatoms. The van der Waals surface area contributed by atoms with Crippen LogP contribution in [0.15, 0.2) is 0 Å². The van der Waals surface area contributed by atoms with Gasteiger partial charge in [0, 0.05) is 32.0 Å². The molecule has 2 fully saturated rings. The number of nitrogens with one attached hydrogen (secondary N) is 1. The van der Waals surface area contributed by atoms with Crippen molar-refractivity contribution in [1.29, 1.82) is 0 Å². The standard InChI is InChI=1S/C13H20N2O4/c1-8(16)14-11-4-5-15(7-11)12(17)9-2-3-10(6-9)13(18)19/h9-11H,2-7H2,1H3,(H,14,16)(H,18,19)/t9-,10+,11?/m1/s1. The number of likely N-dealkylation sites (tertiary alicyclic amines) is 1. The minimum absolute atomic E-state index is 0.0399. The molecule has 1 saturated carbocycles. The zero-order valence-corrected chi connectivity index (χ0v) is 11.1. The van der Waals surface area contributed by atoms with Gasteiger partial charge in [-0.15, -0.1) is 0 Å². The highest BCUT2D eigenvalue weighted by Gasteiger charge is 2.37. The maximum Gasteiger partial charge on any atom is 0.306 e. The van der Waals surface area contributed by atoms with Crippen LogP contribution >= 0.6 is 0 Å². The van der Waals surface area contributed by atoms with E-state index in [0.29, 0.717) is 32.4 Å². The third-order valence-corrected chi connectivity index (χ3v) is 4.04. The van der Waals surface area contributed by atoms with Crippen molar-refractivity contribution >= 4 is 17.8 Å². The fourth-order valence-corrected chi connectivity index (χ4v) is 3.05. The molecule has 106 valence electrons. The first-order chi connectivity index (χ1) is 8.97. The zero-order valence-electron chi connectivity index (χ0n) is 11.1. The van der Waals surface area contributed by atoms with Crippen molar-refractivity contribution in [3.8, 4) is 0 Å². The molecule has 3 atom stereocenters. The van der Waals surface area contributed by atoms with Crippen LogP contribution < -0.4 is 5.32 Å². The third kappa shape index (κ3) is 3.24. The van der Waals surface area contributed by atoms with Crippen molar-refractivity contribution < 1.29 is 19.5 Å². The number of amides is 2. The molecule has 0 aromatic carbocycles. The van der Waals surface area contributed by atoms with Crippen LogP contribution in [0.5, 0.6) is 0 Å². The Bertz CT molecular complexity index is 396. The topological polar surface area (TPSA) is 86.7 Å². The highest BCUT2D eigenvalue weighted by Crippen LogP contribution is 2.33. The van der Waals surface area contributed by atoms with Crippen LogP contribution in [0.25, 0.3) is 0 Å². The van der Waals surface area contributed by atoms with Crippen molar-refractivity contribution in [1.82, 2.24) is 10.2 Å². The average molecular weight is 268 g/mol. The van der Waals surface area contributed by atoms with Crippen LogP contribution in [0.4, 0.5) is 0 Å². The molecule has 0 aromatic heterocycles. The molecule has 2 aliphatic rings. The second-order valence-electron chi connectivity index (χ2n) is 5.52. The van der Waals surface area contributed by atoms with Gasteiger partial charge in [-0.1, -0.05) is 0 Å². The van der Waals surface area contributed by atoms with Gasteiger partial charge in [-0.2, -0.15) is 0 Å². The molecular weight excluding hydrogens is 248 g/mol. The summed E-state index contributed by atoms with van der Waals surface area (Å²) in [6.45, 7) is 2.67. The van der Waals surface area contributed by atoms with Crippen molar-refractivity contribution in [2.45, 2.75) is 38.6 Å². The van der Waals surface area contributed by atoms with Crippen LogP contribution in [0.3, 0.4) is 0 Å². The molecule has 0 aromatic rings. The summed E-state index contributed by atoms with van der Waals surface area (Å²) in [4.78, 5) is 35.9. The van der Waals surface area contributed by atoms with Gasteiger partial charge in [-0.25, -0.2) is 0 Å². The monoisotopic (exact) mass is 268 g/mol. The Morgan fingerprint density at radius 2 is 1.84 bits per heavy atom. The van der Waals surface area contributed by atoms with E-state index in [-0.39, 0.29) is 29.7 Å². The molecule has 0 spiro atoms. The van der Waals surface area contributed by atoms with E-state index in [9.17, 15) is 14.4 Å². The summed E-state index contributed by atoms with van der Waals surface area (Å²) in [6.07, 6.45) is 2.49. The number of hydrogen-bond donors (Lipinski definition) is 2. The quantitative estimate of drug-likeness (QED) is 0.767. The number of rotatable bonds is 3. The first-order valence-electron chi connectivity index (χ1n) is 6.76. The molecule has 0 bridgehead atoms. The zero-order chi connectivity index (χ0) is 14.0. The lowest BCUT2D eigenvalue weighted by Gasteiger charge is -2.20. The summed E-state index contributed by atoms with van der Waals surface area (Å²) in [5.74, 6) is -1.35. The second-order valence-corrected chi connectivity index (χ2v) is 5.52. The van der Waals surface area contributed by atoms with Gasteiger partial charge in [0.1, 0.15) is 0 Å². The molecule has 1 heterocycles. The summed E-state index contributed by atoms with van der Waals surface area (Å²) in [5.41, 5.74) is 0. The third-order valence-electron chi connectivity index (χ3n) is 4.04. The van der Waals surface area contributed by atoms with E-state index in [2.05, 4.69) is 5.32 Å². The first-order valence-corrected chi connectivity index (χ1v) is 6.76. The Kier molecular flexibility index (Phi) is 4.07. The van der Waals surface area contributed by atoms with Crippen molar-refractivity contribution in [3.63, 3.8) is 0 Å². The fraction of sp³-hybridized carbons (Fsp3) is 0.769. The van der Waals surface area contributed by atoms with Gasteiger partial charge in [-0.05, 0) is 25.7 Å². The molecule has 1 aliphatic heterocycles. The SMILES string of the molecule is CC(=O)NC1CCN(C(=O)[C@@H]2CC[C@H](C(=O)O)C2)C1. The molecule has 6 nitrogen and oxygen atoms in total. The molecule has 19 heavy (non-hydrogen) atoms. The van der Waals surface area contributed by atoms with E-state index in [0.717, 1.165) is 6.42 Å². The van der Waals surface area contributed by atoms with Crippen molar-refractivity contribution in [2.24, 2.45) is 11.8 Å². The van der Waals surface area contributed by atoms with Crippen LogP contribution in [0, 0.1) is 11.8 Å². The fourth-order valence-electron chi connectivity index (χ4n) is 3.05. The highest BCUT2D eigenvalue weighted by atomic mass is 16.4. The Labute approximate surface area is 112 Å². The molecular formula is C13H20N2O4. The number of nitrogens with zero attached hydrogens (tertiary/aromatic N) is 1. The lowest BCUT2D eigenvalue weighted by atomic mass is 10.0. The van der Waals surface area contributed by atoms with E-state index in [1.165, 1.54) is 6.92 Å². The summed E-state index contributed by atoms with van der Waals surface area (Å²) >= 11 is 0. The Morgan fingerprint density at radius 3 is 2.42 bits per heavy atom. The number of carbonyl (C=O) groups is 3. The van der Waals surface area contributed by atoms with Gasteiger partial charge in [0.2, 0.25) is 11.8 Å². The van der Waals surface area contributed by atoms with Gasteiger partial charge in [0.05, 0.1) is 5.92 Å². The molecule has 0 radical (unpaired) electrons. The first kappa shape index (κ1) is 13.8. The minimum Gasteiger partial charge on any atom is -0.481 e. The Hall–Kier alpha value is -1.59. The van der Waals surface area contributed by atoms with Crippen molar-refractivity contribution in [3.05, 3.63) is 0 Å². The normalized spacial score (nSPS) is 30.4. The maximum absolute atomic E-state index is 12.3. The second kappa shape index (κ2) is 5.59. The molecule has 1 saturated heterocycles. The van der Waals surface area contributed by atoms with Crippen LogP contribution in [0.2, 0.25) is 0 Å². The average Bonchev–Trinajstić information content (AvgIpc) is 2.95. The number of aliphatic carboxylic acids is 1. The summed E-state index contributed by atoms with van der Waals surface area (Å²) in [5, 5.41) is 11.8. The molecule has 1 aliphatic carbocycles. The largest absolute Gasteiger partial charge is 0.481 e. The Balaban J connectivity index is 1.85. The van der Waals surface area contributed by atoms with Gasteiger partial charge in [0.15, 0.2) is 0 Å². The smallest absolute Gasteiger partial charge is 0.306 e. The molecule has 2 rings (SSSR count). The summed E-state index contributed by atoms with van der Waals surface area (Å²) in [7, 11) is 0. The molecule has 1 unspecified atom stereocenters. The van der Waals surface area contributed by atoms with E-state index in [1.807, 2.05) is 0 Å². The van der Waals surface area contributed by atoms with E-state index < -0.39 is 5.97 Å². The van der Waals surface area contributed by atoms with E-state index in [1.54, 1.807) is 4.90 Å². The lowest BCUT2D eigenvalue weighted by molar-refractivity contribution is -0.141. The van der Waals surface area contributed by atoms with Gasteiger partial charge < -0.3 is 15.3 Å². The summed E-state index contributed by atoms with van der Waals surface area (Å²) < 4.78 is 0. The van der Waals surface area contributed by atoms with Crippen LogP contribution in [-0.4, -0.2) is 46.9 Å².